The number of rotatable bonds is 15. The molecule has 1 aromatic heterocycles. The lowest BCUT2D eigenvalue weighted by Gasteiger charge is -2.29. The molecule has 0 spiro atoms. The van der Waals surface area contributed by atoms with Crippen LogP contribution in [0.2, 0.25) is 0 Å². The van der Waals surface area contributed by atoms with Gasteiger partial charge in [-0.15, -0.1) is 0 Å². The molecule has 1 saturated carbocycles. The average Bonchev–Trinajstić information content (AvgIpc) is 3.58. The Bertz CT molecular complexity index is 1110. The molecule has 4 N–H and O–H groups in total. The highest BCUT2D eigenvalue weighted by Gasteiger charge is 2.51. The maximum atomic E-state index is 12.8. The van der Waals surface area contributed by atoms with Crippen LogP contribution in [0.25, 0.3) is 11.3 Å². The molecule has 1 aliphatic carbocycles. The molecule has 1 heterocycles. The summed E-state index contributed by atoms with van der Waals surface area (Å²) in [6.45, 7) is 3.68. The highest BCUT2D eigenvalue weighted by atomic mass is 16.5. The Morgan fingerprint density at radius 2 is 1.89 bits per heavy atom. The fraction of sp³-hybridized carbons (Fsp3) is 0.481. The van der Waals surface area contributed by atoms with Crippen LogP contribution in [-0.4, -0.2) is 52.3 Å². The summed E-state index contributed by atoms with van der Waals surface area (Å²) in [5.74, 6) is -1.89. The Labute approximate surface area is 216 Å². The van der Waals surface area contributed by atoms with Crippen molar-refractivity contribution in [3.8, 4) is 11.3 Å². The van der Waals surface area contributed by atoms with E-state index in [0.29, 0.717) is 54.0 Å². The third kappa shape index (κ3) is 6.56. The molecule has 37 heavy (non-hydrogen) atoms. The number of carboxylic acid groups (broad SMARTS) is 1. The molecule has 1 aliphatic rings. The van der Waals surface area contributed by atoms with Crippen molar-refractivity contribution < 1.29 is 33.9 Å². The van der Waals surface area contributed by atoms with Gasteiger partial charge < -0.3 is 20.2 Å². The molecule has 0 radical (unpaired) electrons. The number of benzene rings is 1. The van der Waals surface area contributed by atoms with E-state index in [9.17, 15) is 29.5 Å². The summed E-state index contributed by atoms with van der Waals surface area (Å²) >= 11 is 0. The summed E-state index contributed by atoms with van der Waals surface area (Å²) in [7, 11) is 0. The zero-order valence-corrected chi connectivity index (χ0v) is 21.2. The molecule has 200 valence electrons. The zero-order valence-electron chi connectivity index (χ0n) is 21.2. The molecule has 2 aromatic rings. The fourth-order valence-corrected chi connectivity index (χ4v) is 4.61. The lowest BCUT2D eigenvalue weighted by molar-refractivity contribution is -0.168. The Morgan fingerprint density at radius 1 is 1.14 bits per heavy atom. The van der Waals surface area contributed by atoms with Gasteiger partial charge in [0.2, 0.25) is 12.3 Å². The average molecular weight is 514 g/mol. The van der Waals surface area contributed by atoms with Gasteiger partial charge in [0.15, 0.2) is 5.76 Å². The van der Waals surface area contributed by atoms with Crippen LogP contribution in [0.5, 0.6) is 0 Å². The first-order chi connectivity index (χ1) is 17.8. The summed E-state index contributed by atoms with van der Waals surface area (Å²) in [6, 6.07) is 9.60. The SMILES string of the molecule is CCCCCC(C(=O)NCNC(=O)c1ccc(-c2cccc(C3(C(=O)O)CC3)c2)o1)C(CC)N(O)C=O. The number of hydroxylamine groups is 2. The van der Waals surface area contributed by atoms with E-state index in [1.54, 1.807) is 37.3 Å². The maximum Gasteiger partial charge on any atom is 0.314 e. The minimum atomic E-state index is -0.845. The number of hydrogen-bond acceptors (Lipinski definition) is 6. The van der Waals surface area contributed by atoms with Gasteiger partial charge in [-0.05, 0) is 49.4 Å². The van der Waals surface area contributed by atoms with Gasteiger partial charge in [-0.1, -0.05) is 51.3 Å². The summed E-state index contributed by atoms with van der Waals surface area (Å²) in [5.41, 5.74) is 0.532. The van der Waals surface area contributed by atoms with E-state index in [2.05, 4.69) is 10.6 Å². The van der Waals surface area contributed by atoms with E-state index in [1.165, 1.54) is 6.07 Å². The van der Waals surface area contributed by atoms with Crippen molar-refractivity contribution in [1.82, 2.24) is 15.7 Å². The highest BCUT2D eigenvalue weighted by Crippen LogP contribution is 2.49. The molecule has 10 heteroatoms. The molecule has 2 unspecified atom stereocenters. The van der Waals surface area contributed by atoms with E-state index in [1.807, 2.05) is 6.92 Å². The second-order valence-electron chi connectivity index (χ2n) is 9.42. The highest BCUT2D eigenvalue weighted by molar-refractivity contribution is 5.92. The van der Waals surface area contributed by atoms with Crippen molar-refractivity contribution in [3.63, 3.8) is 0 Å². The van der Waals surface area contributed by atoms with E-state index >= 15 is 0 Å². The number of unbranched alkanes of at least 4 members (excludes halogenated alkanes) is 2. The van der Waals surface area contributed by atoms with Crippen LogP contribution in [-0.2, 0) is 19.8 Å². The van der Waals surface area contributed by atoms with Gasteiger partial charge in [0, 0.05) is 5.56 Å². The van der Waals surface area contributed by atoms with E-state index in [4.69, 9.17) is 4.42 Å². The maximum absolute atomic E-state index is 12.8. The first-order valence-corrected chi connectivity index (χ1v) is 12.7. The second-order valence-corrected chi connectivity index (χ2v) is 9.42. The third-order valence-electron chi connectivity index (χ3n) is 6.99. The normalized spacial score (nSPS) is 15.3. The summed E-state index contributed by atoms with van der Waals surface area (Å²) in [6.07, 6.45) is 5.04. The first kappa shape index (κ1) is 27.9. The van der Waals surface area contributed by atoms with Gasteiger partial charge >= 0.3 is 5.97 Å². The fourth-order valence-electron chi connectivity index (χ4n) is 4.61. The van der Waals surface area contributed by atoms with Crippen LogP contribution in [0.1, 0.15) is 74.9 Å². The molecule has 1 fully saturated rings. The molecule has 0 aliphatic heterocycles. The summed E-state index contributed by atoms with van der Waals surface area (Å²) in [4.78, 5) is 48.2. The molecule has 3 amide bonds. The number of aliphatic carboxylic acids is 1. The van der Waals surface area contributed by atoms with Crippen LogP contribution in [0.15, 0.2) is 40.8 Å². The van der Waals surface area contributed by atoms with Gasteiger partial charge in [-0.25, -0.2) is 5.06 Å². The summed E-state index contributed by atoms with van der Waals surface area (Å²) in [5, 5.41) is 25.3. The van der Waals surface area contributed by atoms with Crippen molar-refractivity contribution >= 4 is 24.2 Å². The zero-order chi connectivity index (χ0) is 27.0. The second kappa shape index (κ2) is 12.5. The number of nitrogens with one attached hydrogen (secondary N) is 2. The van der Waals surface area contributed by atoms with Gasteiger partial charge in [-0.2, -0.15) is 0 Å². The number of carbonyl (C=O) groups excluding carboxylic acids is 3. The Balaban J connectivity index is 1.60. The number of furan rings is 1. The first-order valence-electron chi connectivity index (χ1n) is 12.7. The molecular weight excluding hydrogens is 478 g/mol. The van der Waals surface area contributed by atoms with Crippen molar-refractivity contribution in [2.45, 2.75) is 70.3 Å². The van der Waals surface area contributed by atoms with Crippen LogP contribution < -0.4 is 10.6 Å². The van der Waals surface area contributed by atoms with E-state index < -0.39 is 29.3 Å². The van der Waals surface area contributed by atoms with Crippen molar-refractivity contribution in [2.24, 2.45) is 5.92 Å². The Kier molecular flexibility index (Phi) is 9.46. The predicted molar refractivity (Wildman–Crippen MR) is 135 cm³/mol. The molecule has 3 rings (SSSR count). The predicted octanol–water partition coefficient (Wildman–Crippen LogP) is 3.69. The van der Waals surface area contributed by atoms with Crippen LogP contribution in [0.3, 0.4) is 0 Å². The van der Waals surface area contributed by atoms with Crippen molar-refractivity contribution in [2.75, 3.05) is 6.67 Å². The van der Waals surface area contributed by atoms with Gasteiger partial charge in [-0.3, -0.25) is 24.4 Å². The largest absolute Gasteiger partial charge is 0.481 e. The monoisotopic (exact) mass is 513 g/mol. The van der Waals surface area contributed by atoms with Crippen LogP contribution >= 0.6 is 0 Å². The third-order valence-corrected chi connectivity index (χ3v) is 6.99. The van der Waals surface area contributed by atoms with Crippen LogP contribution in [0.4, 0.5) is 0 Å². The summed E-state index contributed by atoms with van der Waals surface area (Å²) < 4.78 is 5.70. The smallest absolute Gasteiger partial charge is 0.314 e. The van der Waals surface area contributed by atoms with E-state index in [-0.39, 0.29) is 18.3 Å². The van der Waals surface area contributed by atoms with Gasteiger partial charge in [0.25, 0.3) is 5.91 Å². The van der Waals surface area contributed by atoms with E-state index in [0.717, 1.165) is 19.3 Å². The number of carboxylic acids is 1. The molecular formula is C27H35N3O7. The van der Waals surface area contributed by atoms with Crippen molar-refractivity contribution in [1.29, 1.82) is 0 Å². The molecule has 0 saturated heterocycles. The molecule has 0 bridgehead atoms. The van der Waals surface area contributed by atoms with Gasteiger partial charge in [0.05, 0.1) is 24.0 Å². The quantitative estimate of drug-likeness (QED) is 0.0933. The standard InChI is InChI=1S/C27H35N3O7/c1-3-5-6-10-20(21(4-2)30(36)17-31)24(32)28-16-29-25(33)23-12-11-22(37-23)18-8-7-9-19(15-18)27(13-14-27)26(34)35/h7-9,11-12,15,17,20-21,36H,3-6,10,13-14,16H2,1-2H3,(H,28,32)(H,29,33)(H,34,35). The minimum absolute atomic E-state index is 0.0439. The number of carbonyl (C=O) groups is 4. The number of nitrogens with zero attached hydrogens (tertiary/aromatic N) is 1. The Hall–Kier alpha value is -3.66. The minimum Gasteiger partial charge on any atom is -0.481 e. The lowest BCUT2D eigenvalue weighted by Crippen LogP contribution is -2.47. The topological polar surface area (TPSA) is 149 Å². The molecule has 1 aromatic carbocycles. The van der Waals surface area contributed by atoms with Crippen molar-refractivity contribution in [3.05, 3.63) is 47.7 Å². The Morgan fingerprint density at radius 3 is 2.51 bits per heavy atom. The van der Waals surface area contributed by atoms with Crippen LogP contribution in [0, 0.1) is 5.92 Å². The molecule has 10 nitrogen and oxygen atoms in total. The number of amides is 3. The lowest BCUT2D eigenvalue weighted by atomic mass is 9.90. The number of hydrogen-bond donors (Lipinski definition) is 4. The van der Waals surface area contributed by atoms with Gasteiger partial charge in [0.1, 0.15) is 5.76 Å². The molecule has 2 atom stereocenters.